The lowest BCUT2D eigenvalue weighted by Gasteiger charge is -2.16. The van der Waals surface area contributed by atoms with Crippen LogP contribution in [-0.2, 0) is 11.3 Å². The van der Waals surface area contributed by atoms with Crippen molar-refractivity contribution in [1.29, 1.82) is 0 Å². The number of nitrogens with zero attached hydrogens (tertiary/aromatic N) is 1. The number of hydrogen-bond acceptors (Lipinski definition) is 4. The first-order valence-electron chi connectivity index (χ1n) is 6.35. The molecule has 0 saturated carbocycles. The highest BCUT2D eigenvalue weighted by Gasteiger charge is 2.22. The van der Waals surface area contributed by atoms with Crippen molar-refractivity contribution in [3.05, 3.63) is 29.8 Å². The topological polar surface area (TPSA) is 52.9 Å². The van der Waals surface area contributed by atoms with Crippen molar-refractivity contribution >= 4 is 12.6 Å². The van der Waals surface area contributed by atoms with Crippen LogP contribution >= 0.6 is 0 Å². The second-order valence-electron chi connectivity index (χ2n) is 4.96. The maximum absolute atomic E-state index is 9.15. The van der Waals surface area contributed by atoms with Gasteiger partial charge in [0.2, 0.25) is 0 Å². The molecular formula is C13H20BNO3. The highest BCUT2D eigenvalue weighted by atomic mass is 16.5. The van der Waals surface area contributed by atoms with Gasteiger partial charge in [0, 0.05) is 20.2 Å². The Morgan fingerprint density at radius 1 is 1.44 bits per heavy atom. The second-order valence-corrected chi connectivity index (χ2v) is 4.96. The van der Waals surface area contributed by atoms with Crippen LogP contribution in [0.3, 0.4) is 0 Å². The molecule has 0 radical (unpaired) electrons. The van der Waals surface area contributed by atoms with E-state index in [1.807, 2.05) is 18.2 Å². The summed E-state index contributed by atoms with van der Waals surface area (Å²) in [5.41, 5.74) is 1.68. The first-order chi connectivity index (χ1) is 8.69. The highest BCUT2D eigenvalue weighted by Crippen LogP contribution is 2.18. The van der Waals surface area contributed by atoms with Gasteiger partial charge in [-0.15, -0.1) is 0 Å². The average Bonchev–Trinajstić information content (AvgIpc) is 2.77. The molecule has 0 aliphatic carbocycles. The van der Waals surface area contributed by atoms with Crippen LogP contribution in [0.5, 0.6) is 0 Å². The van der Waals surface area contributed by atoms with E-state index in [4.69, 9.17) is 14.8 Å². The Kier molecular flexibility index (Phi) is 4.77. The molecule has 1 saturated heterocycles. The predicted octanol–water partition coefficient (Wildman–Crippen LogP) is -0.165. The third-order valence-electron chi connectivity index (χ3n) is 3.43. The van der Waals surface area contributed by atoms with Gasteiger partial charge in [0.25, 0.3) is 0 Å². The molecule has 1 unspecified atom stereocenters. The number of hydrogen-bond donors (Lipinski definition) is 2. The van der Waals surface area contributed by atoms with Crippen molar-refractivity contribution in [2.45, 2.75) is 13.0 Å². The fourth-order valence-corrected chi connectivity index (χ4v) is 2.54. The van der Waals surface area contributed by atoms with Gasteiger partial charge < -0.3 is 14.8 Å². The summed E-state index contributed by atoms with van der Waals surface area (Å²) in [7, 11) is 0.360. The van der Waals surface area contributed by atoms with Gasteiger partial charge in [-0.3, -0.25) is 4.90 Å². The molecule has 2 N–H and O–H groups in total. The molecule has 5 heteroatoms. The van der Waals surface area contributed by atoms with Crippen LogP contribution in [0.25, 0.3) is 0 Å². The summed E-state index contributed by atoms with van der Waals surface area (Å²) in [6.07, 6.45) is 1.18. The largest absolute Gasteiger partial charge is 0.488 e. The summed E-state index contributed by atoms with van der Waals surface area (Å²) in [5.74, 6) is 0.626. The molecule has 1 atom stereocenters. The van der Waals surface area contributed by atoms with Crippen molar-refractivity contribution in [1.82, 2.24) is 4.90 Å². The average molecular weight is 249 g/mol. The first-order valence-corrected chi connectivity index (χ1v) is 6.35. The molecule has 0 bridgehead atoms. The van der Waals surface area contributed by atoms with Crippen LogP contribution in [0.15, 0.2) is 24.3 Å². The second kappa shape index (κ2) is 6.34. The molecule has 0 amide bonds. The number of ether oxygens (including phenoxy) is 1. The number of rotatable bonds is 5. The summed E-state index contributed by atoms with van der Waals surface area (Å²) in [5, 5.41) is 18.3. The fraction of sp³-hybridized carbons (Fsp3) is 0.538. The molecule has 98 valence electrons. The molecule has 1 aromatic carbocycles. The standard InChI is InChI=1S/C13H20BNO3/c1-18-10-12-5-6-15(9-12)8-11-3-2-4-13(7-11)14(16)17/h2-4,7,12,16-17H,5-6,8-10H2,1H3. The minimum atomic E-state index is -1.38. The van der Waals surface area contributed by atoms with Crippen LogP contribution in [0.4, 0.5) is 0 Å². The van der Waals surface area contributed by atoms with E-state index in [1.165, 1.54) is 6.42 Å². The zero-order chi connectivity index (χ0) is 13.0. The molecular weight excluding hydrogens is 229 g/mol. The van der Waals surface area contributed by atoms with Crippen molar-refractivity contribution in [3.63, 3.8) is 0 Å². The smallest absolute Gasteiger partial charge is 0.423 e. The summed E-state index contributed by atoms with van der Waals surface area (Å²) >= 11 is 0. The molecule has 1 aliphatic heterocycles. The predicted molar refractivity (Wildman–Crippen MR) is 71.5 cm³/mol. The molecule has 1 heterocycles. The molecule has 18 heavy (non-hydrogen) atoms. The zero-order valence-electron chi connectivity index (χ0n) is 10.7. The molecule has 1 aromatic rings. The molecule has 1 aliphatic rings. The Morgan fingerprint density at radius 2 is 2.28 bits per heavy atom. The fourth-order valence-electron chi connectivity index (χ4n) is 2.54. The van der Waals surface area contributed by atoms with E-state index in [9.17, 15) is 0 Å². The lowest BCUT2D eigenvalue weighted by Crippen LogP contribution is -2.30. The number of likely N-dealkylation sites (tertiary alicyclic amines) is 1. The lowest BCUT2D eigenvalue weighted by atomic mass is 9.79. The van der Waals surface area contributed by atoms with Gasteiger partial charge in [-0.2, -0.15) is 0 Å². The van der Waals surface area contributed by atoms with Gasteiger partial charge in [0.1, 0.15) is 0 Å². The van der Waals surface area contributed by atoms with E-state index in [0.29, 0.717) is 11.4 Å². The summed E-state index contributed by atoms with van der Waals surface area (Å²) in [6.45, 7) is 3.83. The first kappa shape index (κ1) is 13.6. The third-order valence-corrected chi connectivity index (χ3v) is 3.43. The molecule has 0 aromatic heterocycles. The van der Waals surface area contributed by atoms with Crippen LogP contribution < -0.4 is 5.46 Å². The van der Waals surface area contributed by atoms with Crippen molar-refractivity contribution < 1.29 is 14.8 Å². The van der Waals surface area contributed by atoms with Crippen LogP contribution in [0.1, 0.15) is 12.0 Å². The van der Waals surface area contributed by atoms with E-state index in [0.717, 1.165) is 31.8 Å². The van der Waals surface area contributed by atoms with Crippen molar-refractivity contribution in [3.8, 4) is 0 Å². The van der Waals surface area contributed by atoms with Gasteiger partial charge >= 0.3 is 7.12 Å². The molecule has 0 spiro atoms. The molecule has 1 fully saturated rings. The normalized spacial score (nSPS) is 20.3. The van der Waals surface area contributed by atoms with Gasteiger partial charge in [-0.25, -0.2) is 0 Å². The van der Waals surface area contributed by atoms with Gasteiger partial charge in [0.05, 0.1) is 6.61 Å². The van der Waals surface area contributed by atoms with Gasteiger partial charge in [-0.05, 0) is 29.9 Å². The van der Waals surface area contributed by atoms with E-state index < -0.39 is 7.12 Å². The van der Waals surface area contributed by atoms with E-state index in [-0.39, 0.29) is 0 Å². The van der Waals surface area contributed by atoms with Crippen LogP contribution in [0.2, 0.25) is 0 Å². The van der Waals surface area contributed by atoms with E-state index in [1.54, 1.807) is 13.2 Å². The lowest BCUT2D eigenvalue weighted by molar-refractivity contribution is 0.152. The van der Waals surface area contributed by atoms with E-state index >= 15 is 0 Å². The Hall–Kier alpha value is -0.875. The zero-order valence-corrected chi connectivity index (χ0v) is 10.7. The van der Waals surface area contributed by atoms with Gasteiger partial charge in [0.15, 0.2) is 0 Å². The minimum absolute atomic E-state index is 0.556. The van der Waals surface area contributed by atoms with Crippen molar-refractivity contribution in [2.24, 2.45) is 5.92 Å². The van der Waals surface area contributed by atoms with E-state index in [2.05, 4.69) is 4.90 Å². The van der Waals surface area contributed by atoms with Crippen LogP contribution in [-0.4, -0.2) is 48.9 Å². The Labute approximate surface area is 108 Å². The Balaban J connectivity index is 1.92. The Morgan fingerprint density at radius 3 is 3.00 bits per heavy atom. The third kappa shape index (κ3) is 3.56. The highest BCUT2D eigenvalue weighted by molar-refractivity contribution is 6.58. The van der Waals surface area contributed by atoms with Crippen LogP contribution in [0, 0.1) is 5.92 Å². The summed E-state index contributed by atoms with van der Waals surface area (Å²) in [6, 6.07) is 7.47. The SMILES string of the molecule is COCC1CCN(Cc2cccc(B(O)O)c2)C1. The quantitative estimate of drug-likeness (QED) is 0.712. The minimum Gasteiger partial charge on any atom is -0.423 e. The molecule has 4 nitrogen and oxygen atoms in total. The van der Waals surface area contributed by atoms with Crippen molar-refractivity contribution in [2.75, 3.05) is 26.8 Å². The summed E-state index contributed by atoms with van der Waals surface area (Å²) < 4.78 is 5.18. The maximum Gasteiger partial charge on any atom is 0.488 e. The summed E-state index contributed by atoms with van der Waals surface area (Å²) in [4.78, 5) is 2.38. The van der Waals surface area contributed by atoms with Gasteiger partial charge in [-0.1, -0.05) is 24.3 Å². The monoisotopic (exact) mass is 249 g/mol. The number of methoxy groups -OCH3 is 1. The maximum atomic E-state index is 9.15. The molecule has 2 rings (SSSR count). The number of benzene rings is 1. The Bertz CT molecular complexity index is 386.